The third-order valence-corrected chi connectivity index (χ3v) is 3.45. The predicted molar refractivity (Wildman–Crippen MR) is 93.2 cm³/mol. The Morgan fingerprint density at radius 3 is 2.67 bits per heavy atom. The summed E-state index contributed by atoms with van der Waals surface area (Å²) in [6.45, 7) is 4.56. The number of nitrogens with zero attached hydrogens (tertiary/aromatic N) is 2. The van der Waals surface area contributed by atoms with Gasteiger partial charge in [0.2, 0.25) is 17.5 Å². The van der Waals surface area contributed by atoms with Gasteiger partial charge in [0.25, 0.3) is 0 Å². The number of benzene rings is 1. The second-order valence-electron chi connectivity index (χ2n) is 5.92. The van der Waals surface area contributed by atoms with E-state index >= 15 is 0 Å². The van der Waals surface area contributed by atoms with Gasteiger partial charge in [0.05, 0.1) is 27.2 Å². The first kappa shape index (κ1) is 17.8. The van der Waals surface area contributed by atoms with Crippen LogP contribution < -0.4 is 15.0 Å². The molecule has 128 valence electrons. The Morgan fingerprint density at radius 2 is 2.04 bits per heavy atom. The number of aromatic nitrogens is 1. The van der Waals surface area contributed by atoms with Crippen molar-refractivity contribution in [2.45, 2.75) is 19.8 Å². The molecule has 24 heavy (non-hydrogen) atoms. The first-order valence-electron chi connectivity index (χ1n) is 8.31. The summed E-state index contributed by atoms with van der Waals surface area (Å²) < 4.78 is 11.3. The zero-order valence-corrected chi connectivity index (χ0v) is 14.6. The van der Waals surface area contributed by atoms with Crippen LogP contribution in [0.5, 0.6) is 5.75 Å². The van der Waals surface area contributed by atoms with Crippen molar-refractivity contribution in [1.82, 2.24) is 4.98 Å². The molecule has 0 aliphatic rings. The number of nitriles is 1. The van der Waals surface area contributed by atoms with Crippen molar-refractivity contribution in [3.8, 4) is 23.3 Å². The Morgan fingerprint density at radius 1 is 1.29 bits per heavy atom. The van der Waals surface area contributed by atoms with Gasteiger partial charge in [-0.25, -0.2) is 0 Å². The molecule has 1 heterocycles. The van der Waals surface area contributed by atoms with E-state index in [9.17, 15) is 5.26 Å². The maximum absolute atomic E-state index is 9.23. The number of hydrogen-bond donors (Lipinski definition) is 2. The maximum atomic E-state index is 9.23. The minimum atomic E-state index is 0.286. The van der Waals surface area contributed by atoms with Gasteiger partial charge in [0.15, 0.2) is 0 Å². The summed E-state index contributed by atoms with van der Waals surface area (Å²) in [5.74, 6) is 1.69. The maximum Gasteiger partial charge on any atom is 0.232 e. The van der Waals surface area contributed by atoms with Crippen molar-refractivity contribution in [3.05, 3.63) is 30.0 Å². The fourth-order valence-electron chi connectivity index (χ4n) is 2.20. The van der Waals surface area contributed by atoms with Crippen LogP contribution in [-0.4, -0.2) is 38.8 Å². The number of oxazole rings is 1. The van der Waals surface area contributed by atoms with E-state index in [4.69, 9.17) is 9.15 Å². The monoisotopic (exact) mass is 329 g/mol. The summed E-state index contributed by atoms with van der Waals surface area (Å²) >= 11 is 0. The lowest BCUT2D eigenvalue weighted by atomic mass is 10.2. The largest absolute Gasteiger partial charge is 0.494 e. The molecule has 2 N–H and O–H groups in total. The van der Waals surface area contributed by atoms with Gasteiger partial charge in [-0.2, -0.15) is 10.2 Å². The van der Waals surface area contributed by atoms with E-state index in [2.05, 4.69) is 37.4 Å². The minimum absolute atomic E-state index is 0.286. The number of rotatable bonds is 9. The molecule has 0 spiro atoms. The summed E-state index contributed by atoms with van der Waals surface area (Å²) in [6, 6.07) is 9.62. The zero-order valence-electron chi connectivity index (χ0n) is 14.6. The van der Waals surface area contributed by atoms with Crippen LogP contribution in [0.3, 0.4) is 0 Å². The summed E-state index contributed by atoms with van der Waals surface area (Å²) in [4.78, 5) is 5.66. The molecule has 2 aromatic rings. The molecular weight excluding hydrogens is 304 g/mol. The van der Waals surface area contributed by atoms with Gasteiger partial charge in [-0.3, -0.25) is 0 Å². The van der Waals surface area contributed by atoms with E-state index in [0.29, 0.717) is 18.4 Å². The number of hydrogen-bond acceptors (Lipinski definition) is 5. The molecule has 6 nitrogen and oxygen atoms in total. The number of quaternary nitrogens is 1. The number of anilines is 1. The van der Waals surface area contributed by atoms with Crippen LogP contribution in [-0.2, 0) is 0 Å². The highest BCUT2D eigenvalue weighted by Gasteiger charge is 2.14. The first-order chi connectivity index (χ1) is 11.6. The first-order valence-corrected chi connectivity index (χ1v) is 8.31. The number of nitrogens with one attached hydrogen (secondary N) is 2. The van der Waals surface area contributed by atoms with Crippen molar-refractivity contribution in [2.75, 3.05) is 39.1 Å². The van der Waals surface area contributed by atoms with Crippen LogP contribution in [0, 0.1) is 11.3 Å². The Kier molecular flexibility index (Phi) is 6.64. The summed E-state index contributed by atoms with van der Waals surface area (Å²) in [6.07, 6.45) is 1.96. The Hall–Kier alpha value is -2.52. The SMILES string of the molecule is CCCOc1ccc(-c2nc(C#N)c(NCCC[NH+](C)C)o2)cc1. The molecule has 0 atom stereocenters. The second-order valence-corrected chi connectivity index (χ2v) is 5.92. The molecule has 1 aromatic heterocycles. The van der Waals surface area contributed by atoms with Crippen molar-refractivity contribution in [2.24, 2.45) is 0 Å². The molecular formula is C18H25N4O2+. The van der Waals surface area contributed by atoms with Crippen LogP contribution in [0.15, 0.2) is 28.7 Å². The molecule has 0 amide bonds. The Balaban J connectivity index is 2.04. The topological polar surface area (TPSA) is 75.5 Å². The lowest BCUT2D eigenvalue weighted by Gasteiger charge is -2.07. The summed E-state index contributed by atoms with van der Waals surface area (Å²) in [5.41, 5.74) is 1.11. The van der Waals surface area contributed by atoms with E-state index in [1.165, 1.54) is 4.90 Å². The van der Waals surface area contributed by atoms with E-state index in [1.54, 1.807) is 0 Å². The van der Waals surface area contributed by atoms with E-state index in [-0.39, 0.29) is 5.69 Å². The van der Waals surface area contributed by atoms with Crippen LogP contribution in [0.4, 0.5) is 5.88 Å². The van der Waals surface area contributed by atoms with Crippen molar-refractivity contribution >= 4 is 5.88 Å². The van der Waals surface area contributed by atoms with Crippen LogP contribution in [0.25, 0.3) is 11.5 Å². The van der Waals surface area contributed by atoms with E-state index < -0.39 is 0 Å². The van der Waals surface area contributed by atoms with Gasteiger partial charge >= 0.3 is 0 Å². The van der Waals surface area contributed by atoms with Gasteiger partial charge in [0.1, 0.15) is 11.8 Å². The van der Waals surface area contributed by atoms with Crippen molar-refractivity contribution in [1.29, 1.82) is 5.26 Å². The highest BCUT2D eigenvalue weighted by atomic mass is 16.5. The fourth-order valence-corrected chi connectivity index (χ4v) is 2.20. The van der Waals surface area contributed by atoms with Crippen molar-refractivity contribution in [3.63, 3.8) is 0 Å². The Labute approximate surface area is 143 Å². The number of ether oxygens (including phenoxy) is 1. The smallest absolute Gasteiger partial charge is 0.232 e. The molecule has 0 unspecified atom stereocenters. The van der Waals surface area contributed by atoms with Gasteiger partial charge < -0.3 is 19.4 Å². The van der Waals surface area contributed by atoms with Crippen LogP contribution in [0.1, 0.15) is 25.5 Å². The summed E-state index contributed by atoms with van der Waals surface area (Å²) in [5, 5.41) is 12.4. The molecule has 0 bridgehead atoms. The predicted octanol–water partition coefficient (Wildman–Crippen LogP) is 1.95. The molecule has 0 aliphatic carbocycles. The zero-order chi connectivity index (χ0) is 17.4. The van der Waals surface area contributed by atoms with E-state index in [0.717, 1.165) is 37.2 Å². The quantitative estimate of drug-likeness (QED) is 0.688. The molecule has 0 saturated carbocycles. The fraction of sp³-hybridized carbons (Fsp3) is 0.444. The standard InChI is InChI=1S/C18H24N4O2/c1-4-12-23-15-8-6-14(7-9-15)17-21-16(13-19)18(24-17)20-10-5-11-22(2)3/h6-9,20H,4-5,10-12H2,1-3H3/p+1. The summed E-state index contributed by atoms with van der Waals surface area (Å²) in [7, 11) is 4.22. The average Bonchev–Trinajstić information content (AvgIpc) is 3.00. The Bertz CT molecular complexity index is 671. The highest BCUT2D eigenvalue weighted by Crippen LogP contribution is 2.26. The van der Waals surface area contributed by atoms with Gasteiger partial charge in [-0.1, -0.05) is 6.92 Å². The van der Waals surface area contributed by atoms with Crippen molar-refractivity contribution < 1.29 is 14.1 Å². The van der Waals surface area contributed by atoms with E-state index in [1.807, 2.05) is 24.3 Å². The highest BCUT2D eigenvalue weighted by molar-refractivity contribution is 5.59. The minimum Gasteiger partial charge on any atom is -0.494 e. The lowest BCUT2D eigenvalue weighted by Crippen LogP contribution is -3.05. The lowest BCUT2D eigenvalue weighted by molar-refractivity contribution is -0.858. The van der Waals surface area contributed by atoms with Gasteiger partial charge in [0, 0.05) is 18.5 Å². The molecule has 6 heteroatoms. The van der Waals surface area contributed by atoms with Crippen LogP contribution in [0.2, 0.25) is 0 Å². The molecule has 0 aliphatic heterocycles. The third kappa shape index (κ3) is 5.00. The normalized spacial score (nSPS) is 10.6. The molecule has 0 radical (unpaired) electrons. The molecule has 0 fully saturated rings. The average molecular weight is 329 g/mol. The molecule has 0 saturated heterocycles. The van der Waals surface area contributed by atoms with Gasteiger partial charge in [-0.05, 0) is 30.7 Å². The van der Waals surface area contributed by atoms with Crippen LogP contribution >= 0.6 is 0 Å². The molecule has 1 aromatic carbocycles. The molecule has 2 rings (SSSR count). The third-order valence-electron chi connectivity index (χ3n) is 3.45. The van der Waals surface area contributed by atoms with Gasteiger partial charge in [-0.15, -0.1) is 0 Å². The second kappa shape index (κ2) is 8.94.